The molecule has 1 aromatic rings. The molecule has 1 fully saturated rings. The minimum atomic E-state index is -3.90. The molecular weight excluding hydrogens is 410 g/mol. The molecule has 1 aromatic carbocycles. The maximum absolute atomic E-state index is 12.8. The van der Waals surface area contributed by atoms with Gasteiger partial charge in [0.2, 0.25) is 4.87 Å². The first-order valence-electron chi connectivity index (χ1n) is 8.30. The third-order valence-corrected chi connectivity index (χ3v) is 8.66. The van der Waals surface area contributed by atoms with Crippen LogP contribution in [0.3, 0.4) is 0 Å². The Labute approximate surface area is 165 Å². The van der Waals surface area contributed by atoms with E-state index in [9.17, 15) is 22.2 Å². The van der Waals surface area contributed by atoms with Crippen LogP contribution in [0.25, 0.3) is 0 Å². The van der Waals surface area contributed by atoms with E-state index in [0.29, 0.717) is 10.5 Å². The lowest BCUT2D eigenvalue weighted by atomic mass is 9.78. The molecule has 0 aliphatic carbocycles. The van der Waals surface area contributed by atoms with Crippen molar-refractivity contribution < 1.29 is 22.2 Å². The van der Waals surface area contributed by atoms with Crippen LogP contribution >= 0.6 is 11.6 Å². The molecule has 6 nitrogen and oxygen atoms in total. The molecule has 2 aliphatic heterocycles. The Morgan fingerprint density at radius 1 is 1.30 bits per heavy atom. The Morgan fingerprint density at radius 3 is 2.44 bits per heavy atom. The second-order valence-corrected chi connectivity index (χ2v) is 11.9. The summed E-state index contributed by atoms with van der Waals surface area (Å²) >= 11 is 6.29. The van der Waals surface area contributed by atoms with Crippen molar-refractivity contribution in [2.45, 2.75) is 35.9 Å². The van der Waals surface area contributed by atoms with E-state index in [1.807, 2.05) is 0 Å². The topological polar surface area (TPSA) is 88.6 Å². The van der Waals surface area contributed by atoms with Crippen LogP contribution in [0.5, 0.6) is 0 Å². The molecule has 0 saturated carbocycles. The van der Waals surface area contributed by atoms with Gasteiger partial charge in [-0.25, -0.2) is 8.42 Å². The van der Waals surface area contributed by atoms with Gasteiger partial charge >= 0.3 is 0 Å². The molecule has 0 spiro atoms. The standard InChI is InChI=1S/C18H20ClNO5S2/c1-17(2,3)14(21)18(19)15(22)20-9-12(11-27(24,25)16(18)20)10-26(23)13-7-5-4-6-8-13/h4-9,16H,10-11H2,1-3H3/t16-,18-,26?/m0/s1. The first-order chi connectivity index (χ1) is 12.4. The number of halogens is 1. The molecule has 3 atom stereocenters. The van der Waals surface area contributed by atoms with Crippen LogP contribution in [-0.2, 0) is 30.2 Å². The fraction of sp³-hybridized carbons (Fsp3) is 0.444. The van der Waals surface area contributed by atoms with E-state index in [0.717, 1.165) is 4.90 Å². The quantitative estimate of drug-likeness (QED) is 0.414. The minimum Gasteiger partial charge on any atom is -0.296 e. The summed E-state index contributed by atoms with van der Waals surface area (Å²) in [7, 11) is -5.34. The van der Waals surface area contributed by atoms with Crippen LogP contribution in [0.4, 0.5) is 0 Å². The fourth-order valence-corrected chi connectivity index (χ4v) is 7.52. The van der Waals surface area contributed by atoms with Gasteiger partial charge in [-0.1, -0.05) is 50.6 Å². The summed E-state index contributed by atoms with van der Waals surface area (Å²) < 4.78 is 38.1. The lowest BCUT2D eigenvalue weighted by molar-refractivity contribution is -0.152. The van der Waals surface area contributed by atoms with Crippen molar-refractivity contribution in [3.8, 4) is 0 Å². The fourth-order valence-electron chi connectivity index (χ4n) is 3.30. The summed E-state index contributed by atoms with van der Waals surface area (Å²) in [4.78, 5) is 24.7. The number of carbonyl (C=O) groups excluding carboxylic acids is 2. The van der Waals surface area contributed by atoms with Crippen LogP contribution in [-0.4, -0.2) is 51.0 Å². The van der Waals surface area contributed by atoms with E-state index < -0.39 is 48.0 Å². The molecule has 0 bridgehead atoms. The van der Waals surface area contributed by atoms with Crippen LogP contribution in [0.15, 0.2) is 47.0 Å². The van der Waals surface area contributed by atoms with Gasteiger partial charge in [0, 0.05) is 16.5 Å². The van der Waals surface area contributed by atoms with E-state index in [-0.39, 0.29) is 11.5 Å². The van der Waals surface area contributed by atoms with Gasteiger partial charge in [0.15, 0.2) is 21.0 Å². The number of ketones is 1. The van der Waals surface area contributed by atoms with Gasteiger partial charge < -0.3 is 0 Å². The SMILES string of the molecule is CC(C)(C)C(=O)[C@]1(Cl)C(=O)N2C=C(CS(=O)c3ccccc3)CS(=O)(=O)[C@H]21. The molecule has 2 aliphatic rings. The molecule has 0 radical (unpaired) electrons. The van der Waals surface area contributed by atoms with Crippen LogP contribution in [0.1, 0.15) is 20.8 Å². The van der Waals surface area contributed by atoms with Crippen molar-refractivity contribution in [3.63, 3.8) is 0 Å². The van der Waals surface area contributed by atoms with Gasteiger partial charge in [-0.3, -0.25) is 18.7 Å². The molecule has 146 valence electrons. The highest BCUT2D eigenvalue weighted by atomic mass is 35.5. The molecule has 1 amide bonds. The molecule has 1 saturated heterocycles. The number of rotatable bonds is 4. The van der Waals surface area contributed by atoms with E-state index in [2.05, 4.69) is 0 Å². The minimum absolute atomic E-state index is 0.0117. The first-order valence-corrected chi connectivity index (χ1v) is 11.7. The highest BCUT2D eigenvalue weighted by Crippen LogP contribution is 2.47. The van der Waals surface area contributed by atoms with E-state index in [1.54, 1.807) is 51.1 Å². The summed E-state index contributed by atoms with van der Waals surface area (Å²) in [5, 5.41) is -1.42. The number of alkyl halides is 1. The zero-order valence-corrected chi connectivity index (χ0v) is 17.5. The van der Waals surface area contributed by atoms with Crippen molar-refractivity contribution in [1.82, 2.24) is 4.90 Å². The third-order valence-electron chi connectivity index (χ3n) is 4.52. The Morgan fingerprint density at radius 2 is 1.89 bits per heavy atom. The summed E-state index contributed by atoms with van der Waals surface area (Å²) in [6, 6.07) is 8.66. The second-order valence-electron chi connectivity index (χ2n) is 7.75. The van der Waals surface area contributed by atoms with Gasteiger partial charge in [-0.2, -0.15) is 0 Å². The molecule has 27 heavy (non-hydrogen) atoms. The molecule has 2 heterocycles. The Balaban J connectivity index is 1.90. The number of amides is 1. The van der Waals surface area contributed by atoms with Crippen molar-refractivity contribution in [2.24, 2.45) is 5.41 Å². The molecule has 1 unspecified atom stereocenters. The predicted molar refractivity (Wildman–Crippen MR) is 103 cm³/mol. The van der Waals surface area contributed by atoms with Crippen LogP contribution in [0, 0.1) is 5.41 Å². The molecular formula is C18H20ClNO5S2. The zero-order valence-electron chi connectivity index (χ0n) is 15.1. The average Bonchev–Trinajstić information content (AvgIpc) is 2.58. The number of β-lactam (4-membered cyclic amide) rings is 1. The van der Waals surface area contributed by atoms with Gasteiger partial charge in [0.1, 0.15) is 0 Å². The number of carbonyl (C=O) groups is 2. The molecule has 9 heteroatoms. The summed E-state index contributed by atoms with van der Waals surface area (Å²) in [6.45, 7) is 4.78. The zero-order chi connectivity index (χ0) is 20.2. The number of hydrogen-bond donors (Lipinski definition) is 0. The van der Waals surface area contributed by atoms with Crippen molar-refractivity contribution in [2.75, 3.05) is 11.5 Å². The normalized spacial score (nSPS) is 28.0. The Bertz CT molecular complexity index is 965. The monoisotopic (exact) mass is 429 g/mol. The number of Topliss-reactive ketones (excluding diaryl/α,β-unsaturated/α-hetero) is 1. The number of nitrogens with zero attached hydrogens (tertiary/aromatic N) is 1. The second kappa shape index (κ2) is 6.53. The smallest absolute Gasteiger partial charge is 0.259 e. The number of sulfone groups is 1. The van der Waals surface area contributed by atoms with Crippen LogP contribution in [0.2, 0.25) is 0 Å². The number of fused-ring (bicyclic) bond motifs is 1. The Kier molecular flexibility index (Phi) is 4.89. The van der Waals surface area contributed by atoms with E-state index >= 15 is 0 Å². The van der Waals surface area contributed by atoms with Gasteiger partial charge in [0.25, 0.3) is 5.91 Å². The lowest BCUT2D eigenvalue weighted by Gasteiger charge is -2.52. The summed E-state index contributed by atoms with van der Waals surface area (Å²) in [5.74, 6) is -1.76. The van der Waals surface area contributed by atoms with Gasteiger partial charge in [0.05, 0.1) is 22.3 Å². The van der Waals surface area contributed by atoms with Gasteiger partial charge in [-0.05, 0) is 17.7 Å². The molecule has 0 N–H and O–H groups in total. The summed E-state index contributed by atoms with van der Waals surface area (Å²) in [6.07, 6.45) is 1.38. The molecule has 3 rings (SSSR count). The average molecular weight is 430 g/mol. The van der Waals surface area contributed by atoms with E-state index in [4.69, 9.17) is 11.6 Å². The maximum atomic E-state index is 12.8. The summed E-state index contributed by atoms with van der Waals surface area (Å²) in [5.41, 5.74) is -0.610. The van der Waals surface area contributed by atoms with E-state index in [1.165, 1.54) is 6.20 Å². The first kappa shape index (κ1) is 20.2. The third kappa shape index (κ3) is 3.28. The number of benzene rings is 1. The van der Waals surface area contributed by atoms with Gasteiger partial charge in [-0.15, -0.1) is 0 Å². The maximum Gasteiger partial charge on any atom is 0.259 e. The van der Waals surface area contributed by atoms with Crippen molar-refractivity contribution in [1.29, 1.82) is 0 Å². The number of hydrogen-bond acceptors (Lipinski definition) is 5. The lowest BCUT2D eigenvalue weighted by Crippen LogP contribution is -2.77. The van der Waals surface area contributed by atoms with Crippen molar-refractivity contribution in [3.05, 3.63) is 42.1 Å². The van der Waals surface area contributed by atoms with Crippen molar-refractivity contribution >= 4 is 43.9 Å². The Hall–Kier alpha value is -1.51. The molecule has 0 aromatic heterocycles. The largest absolute Gasteiger partial charge is 0.296 e. The highest BCUT2D eigenvalue weighted by molar-refractivity contribution is 7.92. The predicted octanol–water partition coefficient (Wildman–Crippen LogP) is 1.87. The van der Waals surface area contributed by atoms with Crippen LogP contribution < -0.4 is 0 Å². The highest BCUT2D eigenvalue weighted by Gasteiger charge is 2.71.